The van der Waals surface area contributed by atoms with Crippen molar-refractivity contribution in [1.29, 1.82) is 0 Å². The molecule has 7 heteroatoms. The molecule has 0 spiro atoms. The molecule has 146 valence electrons. The number of nitrogens with one attached hydrogen (secondary N) is 1. The maximum Gasteiger partial charge on any atom is 0.266 e. The van der Waals surface area contributed by atoms with E-state index in [4.69, 9.17) is 21.9 Å². The van der Waals surface area contributed by atoms with Gasteiger partial charge < -0.3 is 15.2 Å². The third kappa shape index (κ3) is 3.38. The van der Waals surface area contributed by atoms with Gasteiger partial charge in [0.15, 0.2) is 0 Å². The molecular formula is C22H18ClN2O3P. The summed E-state index contributed by atoms with van der Waals surface area (Å²) in [5.41, 5.74) is 8.12. The van der Waals surface area contributed by atoms with Gasteiger partial charge in [-0.3, -0.25) is 9.36 Å². The normalized spacial score (nSPS) is 13.3. The summed E-state index contributed by atoms with van der Waals surface area (Å²) in [5.74, 6) is -0.719. The molecule has 0 aliphatic heterocycles. The molecule has 1 heterocycles. The highest BCUT2D eigenvalue weighted by Gasteiger charge is 2.35. The maximum atomic E-state index is 14.2. The predicted octanol–water partition coefficient (Wildman–Crippen LogP) is 4.46. The molecule has 3 N–H and O–H groups in total. The summed E-state index contributed by atoms with van der Waals surface area (Å²) in [6.07, 6.45) is 0. The molecule has 0 saturated carbocycles. The minimum Gasteiger partial charge on any atom is -0.364 e. The first-order chi connectivity index (χ1) is 13.9. The van der Waals surface area contributed by atoms with Crippen LogP contribution in [0, 0.1) is 0 Å². The number of hydrogen-bond acceptors (Lipinski definition) is 3. The van der Waals surface area contributed by atoms with Gasteiger partial charge in [-0.25, -0.2) is 0 Å². The SMILES string of the molecule is COP(=O)(c1cccc(-c2ccccc2)c1)c1c(C(N)=O)[nH]c2ccc(Cl)cc12. The molecule has 29 heavy (non-hydrogen) atoms. The number of primary amides is 1. The van der Waals surface area contributed by atoms with Crippen molar-refractivity contribution in [1.82, 2.24) is 4.98 Å². The standard InChI is InChI=1S/C22H18ClN2O3P/c1-28-29(27,17-9-5-8-15(12-17)14-6-3-2-4-7-14)21-18-13-16(23)10-11-19(18)25-20(21)22(24)26/h2-13,25H,1H3,(H2,24,26). The van der Waals surface area contributed by atoms with E-state index in [-0.39, 0.29) is 11.0 Å². The van der Waals surface area contributed by atoms with Crippen LogP contribution >= 0.6 is 19.0 Å². The summed E-state index contributed by atoms with van der Waals surface area (Å²) < 4.78 is 19.8. The number of H-pyrrole nitrogens is 1. The van der Waals surface area contributed by atoms with E-state index >= 15 is 0 Å². The molecule has 1 amide bonds. The van der Waals surface area contributed by atoms with Crippen molar-refractivity contribution in [2.45, 2.75) is 0 Å². The second kappa shape index (κ2) is 7.53. The van der Waals surface area contributed by atoms with Crippen LogP contribution in [0.25, 0.3) is 22.0 Å². The van der Waals surface area contributed by atoms with Crippen LogP contribution in [0.3, 0.4) is 0 Å². The largest absolute Gasteiger partial charge is 0.364 e. The van der Waals surface area contributed by atoms with Gasteiger partial charge in [0.2, 0.25) is 0 Å². The van der Waals surface area contributed by atoms with Crippen molar-refractivity contribution in [2.24, 2.45) is 5.73 Å². The van der Waals surface area contributed by atoms with Crippen LogP contribution < -0.4 is 16.3 Å². The first-order valence-corrected chi connectivity index (χ1v) is 10.9. The van der Waals surface area contributed by atoms with E-state index < -0.39 is 13.3 Å². The Morgan fingerprint density at radius 1 is 1.00 bits per heavy atom. The number of fused-ring (bicyclic) bond motifs is 1. The number of carbonyl (C=O) groups is 1. The molecule has 4 rings (SSSR count). The quantitative estimate of drug-likeness (QED) is 0.464. The molecular weight excluding hydrogens is 407 g/mol. The minimum absolute atomic E-state index is 0.0533. The number of nitrogens with two attached hydrogens (primary N) is 1. The van der Waals surface area contributed by atoms with Gasteiger partial charge in [0.25, 0.3) is 13.3 Å². The fourth-order valence-electron chi connectivity index (χ4n) is 3.46. The Morgan fingerprint density at radius 3 is 2.41 bits per heavy atom. The Bertz CT molecular complexity index is 1270. The molecule has 4 aromatic rings. The molecule has 3 aromatic carbocycles. The third-order valence-electron chi connectivity index (χ3n) is 4.82. The van der Waals surface area contributed by atoms with Crippen LogP contribution in [0.5, 0.6) is 0 Å². The number of hydrogen-bond donors (Lipinski definition) is 2. The molecule has 1 atom stereocenters. The summed E-state index contributed by atoms with van der Waals surface area (Å²) in [5, 5.41) is 1.69. The van der Waals surface area contributed by atoms with E-state index in [1.807, 2.05) is 48.5 Å². The van der Waals surface area contributed by atoms with Crippen LogP contribution in [0.1, 0.15) is 10.5 Å². The number of rotatable bonds is 5. The second-order valence-electron chi connectivity index (χ2n) is 6.55. The first kappa shape index (κ1) is 19.5. The molecule has 5 nitrogen and oxygen atoms in total. The van der Waals surface area contributed by atoms with Gasteiger partial charge in [-0.1, -0.05) is 54.1 Å². The van der Waals surface area contributed by atoms with E-state index in [1.165, 1.54) is 7.11 Å². The summed E-state index contributed by atoms with van der Waals surface area (Å²) in [6, 6.07) is 22.1. The summed E-state index contributed by atoms with van der Waals surface area (Å²) in [6.45, 7) is 0. The number of benzene rings is 3. The zero-order chi connectivity index (χ0) is 20.6. The molecule has 0 radical (unpaired) electrons. The zero-order valence-corrected chi connectivity index (χ0v) is 17.2. The van der Waals surface area contributed by atoms with E-state index in [9.17, 15) is 9.36 Å². The van der Waals surface area contributed by atoms with Gasteiger partial charge in [0.1, 0.15) is 5.69 Å². The van der Waals surface area contributed by atoms with Crippen LogP contribution in [0.4, 0.5) is 0 Å². The highest BCUT2D eigenvalue weighted by atomic mass is 35.5. The highest BCUT2D eigenvalue weighted by molar-refractivity contribution is 7.75. The number of aromatic nitrogens is 1. The monoisotopic (exact) mass is 424 g/mol. The van der Waals surface area contributed by atoms with Crippen LogP contribution in [0.15, 0.2) is 72.8 Å². The lowest BCUT2D eigenvalue weighted by atomic mass is 10.1. The maximum absolute atomic E-state index is 14.2. The molecule has 1 unspecified atom stereocenters. The van der Waals surface area contributed by atoms with E-state index in [1.54, 1.807) is 24.3 Å². The lowest BCUT2D eigenvalue weighted by Gasteiger charge is -2.18. The van der Waals surface area contributed by atoms with Gasteiger partial charge in [-0.15, -0.1) is 0 Å². The van der Waals surface area contributed by atoms with Gasteiger partial charge >= 0.3 is 0 Å². The number of carbonyl (C=O) groups excluding carboxylic acids is 1. The molecule has 0 saturated heterocycles. The van der Waals surface area contributed by atoms with Crippen LogP contribution in [-0.4, -0.2) is 18.0 Å². The number of aromatic amines is 1. The van der Waals surface area contributed by atoms with Gasteiger partial charge in [0.05, 0.1) is 5.30 Å². The second-order valence-corrected chi connectivity index (χ2v) is 9.42. The van der Waals surface area contributed by atoms with Crippen molar-refractivity contribution in [3.63, 3.8) is 0 Å². The smallest absolute Gasteiger partial charge is 0.266 e. The Labute approximate surface area is 172 Å². The van der Waals surface area contributed by atoms with E-state index in [2.05, 4.69) is 4.98 Å². The number of halogens is 1. The topological polar surface area (TPSA) is 85.2 Å². The average Bonchev–Trinajstić information content (AvgIpc) is 3.13. The Balaban J connectivity index is 1.98. The lowest BCUT2D eigenvalue weighted by Crippen LogP contribution is -2.25. The molecule has 0 aliphatic rings. The highest BCUT2D eigenvalue weighted by Crippen LogP contribution is 2.47. The zero-order valence-electron chi connectivity index (χ0n) is 15.6. The predicted molar refractivity (Wildman–Crippen MR) is 118 cm³/mol. The van der Waals surface area contributed by atoms with Gasteiger partial charge in [-0.2, -0.15) is 0 Å². The molecule has 0 aliphatic carbocycles. The molecule has 0 bridgehead atoms. The average molecular weight is 425 g/mol. The third-order valence-corrected chi connectivity index (χ3v) is 7.58. The Morgan fingerprint density at radius 2 is 1.72 bits per heavy atom. The minimum atomic E-state index is -3.65. The van der Waals surface area contributed by atoms with Crippen molar-refractivity contribution < 1.29 is 13.9 Å². The van der Waals surface area contributed by atoms with E-state index in [0.717, 1.165) is 11.1 Å². The van der Waals surface area contributed by atoms with Gasteiger partial charge in [-0.05, 0) is 41.5 Å². The lowest BCUT2D eigenvalue weighted by molar-refractivity contribution is 0.0997. The first-order valence-electron chi connectivity index (χ1n) is 8.87. The van der Waals surface area contributed by atoms with Crippen molar-refractivity contribution in [3.05, 3.63) is 83.5 Å². The Hall–Kier alpha value is -2.85. The van der Waals surface area contributed by atoms with Gasteiger partial charge in [0, 0.05) is 28.3 Å². The van der Waals surface area contributed by atoms with Crippen molar-refractivity contribution in [3.8, 4) is 11.1 Å². The van der Waals surface area contributed by atoms with Crippen LogP contribution in [0.2, 0.25) is 5.02 Å². The van der Waals surface area contributed by atoms with Crippen molar-refractivity contribution in [2.75, 3.05) is 7.11 Å². The summed E-state index contributed by atoms with van der Waals surface area (Å²) in [7, 11) is -2.29. The van der Waals surface area contributed by atoms with E-state index in [0.29, 0.717) is 21.2 Å². The summed E-state index contributed by atoms with van der Waals surface area (Å²) in [4.78, 5) is 15.1. The van der Waals surface area contributed by atoms with Crippen LogP contribution in [-0.2, 0) is 9.09 Å². The molecule has 0 fully saturated rings. The summed E-state index contributed by atoms with van der Waals surface area (Å²) >= 11 is 6.16. The Kier molecular flexibility index (Phi) is 5.05. The molecule has 1 aromatic heterocycles. The fourth-order valence-corrected chi connectivity index (χ4v) is 5.84. The number of amides is 1. The fraction of sp³-hybridized carbons (Fsp3) is 0.0455. The van der Waals surface area contributed by atoms with Crippen molar-refractivity contribution >= 4 is 46.4 Å².